The molecule has 20 heteroatoms. The fourth-order valence-electron chi connectivity index (χ4n) is 8.61. The van der Waals surface area contributed by atoms with Crippen LogP contribution in [0.15, 0.2) is 364 Å². The molecule has 0 radical (unpaired) electrons. The zero-order chi connectivity index (χ0) is 80.3. The third-order valence-corrected chi connectivity index (χ3v) is 15.1. The number of para-hydroxylation sites is 8. The van der Waals surface area contributed by atoms with E-state index in [1.165, 1.54) is 133 Å². The Morgan fingerprint density at radius 1 is 0.130 bits per heavy atom. The van der Waals surface area contributed by atoms with Gasteiger partial charge in [0.25, 0.3) is 0 Å². The Bertz CT molecular complexity index is 2990. The van der Waals surface area contributed by atoms with E-state index in [1.54, 1.807) is 72.8 Å². The molecule has 0 unspecified atom stereocenters. The van der Waals surface area contributed by atoms with Gasteiger partial charge in [0, 0.05) is 0 Å². The summed E-state index contributed by atoms with van der Waals surface area (Å²) < 4.78 is 0. The minimum absolute atomic E-state index is 0.303. The highest BCUT2D eigenvalue weighted by molar-refractivity contribution is 6.56. The molecule has 568 valence electrons. The quantitative estimate of drug-likeness (QED) is 0.0565. The predicted molar refractivity (Wildman–Crippen MR) is 439 cm³/mol. The molecular weight excluding hydrogens is 1340 g/mol. The van der Waals surface area contributed by atoms with Crippen molar-refractivity contribution in [2.24, 2.45) is 0 Å². The van der Waals surface area contributed by atoms with Crippen LogP contribution in [0.4, 0.5) is 45.5 Å². The average Bonchev–Trinajstić information content (AvgIpc) is 2.60. The minimum Gasteiger partial charge on any atom is -0.889 e. The lowest BCUT2D eigenvalue weighted by atomic mass is 9.81. The molecule has 12 rings (SSSR count). The molecule has 0 saturated heterocycles. The van der Waals surface area contributed by atoms with Crippen molar-refractivity contribution in [2.45, 2.75) is 0 Å². The molecule has 0 amide bonds. The molecule has 12 aromatic rings. The van der Waals surface area contributed by atoms with Gasteiger partial charge in [-0.05, 0) is 97.1 Å². The summed E-state index contributed by atoms with van der Waals surface area (Å²) in [6, 6.07) is 116. The van der Waals surface area contributed by atoms with E-state index in [0.717, 1.165) is 0 Å². The highest BCUT2D eigenvalue weighted by Gasteiger charge is 2.00. The highest BCUT2D eigenvalue weighted by atomic mass is 16.4. The number of nitrogens with one attached hydrogen (secondary N) is 8. The second-order valence-corrected chi connectivity index (χ2v) is 25.9. The maximum atomic E-state index is 10.2. The smallest absolute Gasteiger partial charge is 0.130 e. The second-order valence-electron chi connectivity index (χ2n) is 25.9. The summed E-state index contributed by atoms with van der Waals surface area (Å²) >= 11 is 0. The highest BCUT2D eigenvalue weighted by Crippen LogP contribution is 2.02. The van der Waals surface area contributed by atoms with Crippen molar-refractivity contribution in [3.05, 3.63) is 364 Å². The molecule has 0 aliphatic carbocycles. The first-order valence-corrected chi connectivity index (χ1v) is 36.0. The first kappa shape index (κ1) is 96.3. The molecule has 0 fully saturated rings. The normalized spacial score (nSPS) is 9.78. The van der Waals surface area contributed by atoms with Gasteiger partial charge in [-0.15, -0.1) is 21.9 Å². The summed E-state index contributed by atoms with van der Waals surface area (Å²) in [6.07, 6.45) is 0. The topological polar surface area (TPSA) is 220 Å². The number of quaternary nitrogens is 8. The molecule has 0 spiro atoms. The van der Waals surface area contributed by atoms with E-state index in [1.807, 2.05) is 48.5 Å². The molecule has 8 N–H and O–H groups in total. The van der Waals surface area contributed by atoms with Crippen LogP contribution in [0, 0.1) is 0 Å². The minimum atomic E-state index is -1.84. The molecule has 0 saturated carbocycles. The van der Waals surface area contributed by atoms with Gasteiger partial charge < -0.3 is 79.4 Å². The first-order chi connectivity index (χ1) is 51.7. The van der Waals surface area contributed by atoms with Gasteiger partial charge in [-0.25, -0.2) is 0 Å². The second kappa shape index (κ2) is 60.3. The Morgan fingerprint density at radius 3 is 0.250 bits per heavy atom. The van der Waals surface area contributed by atoms with Crippen LogP contribution in [-0.2, 0) is 0 Å². The summed E-state index contributed by atoms with van der Waals surface area (Å²) in [7, 11) is 26.6. The predicted octanol–water partition coefficient (Wildman–Crippen LogP) is -3.89. The van der Waals surface area contributed by atoms with Crippen molar-refractivity contribution in [3.8, 4) is 0 Å². The molecule has 0 aliphatic rings. The Kier molecular flexibility index (Phi) is 53.7. The van der Waals surface area contributed by atoms with Crippen molar-refractivity contribution < 1.29 is 79.4 Å². The molecular formula is C88H116B4N8O8. The maximum absolute atomic E-state index is 10.2. The number of hydrogen-bond acceptors (Lipinski definition) is 8. The van der Waals surface area contributed by atoms with Crippen LogP contribution in [0.2, 0.25) is 0 Å². The fraction of sp³-hybridized carbons (Fsp3) is 0.182. The van der Waals surface area contributed by atoms with Gasteiger partial charge in [0.2, 0.25) is 0 Å². The van der Waals surface area contributed by atoms with Crippen molar-refractivity contribution in [1.82, 2.24) is 0 Å². The van der Waals surface area contributed by atoms with Crippen LogP contribution >= 0.6 is 0 Å². The fourth-order valence-corrected chi connectivity index (χ4v) is 8.61. The maximum Gasteiger partial charge on any atom is 0.130 e. The van der Waals surface area contributed by atoms with Crippen molar-refractivity contribution in [3.63, 3.8) is 0 Å². The zero-order valence-electron chi connectivity index (χ0n) is 66.2. The van der Waals surface area contributed by atoms with Crippen LogP contribution in [0.5, 0.6) is 0 Å². The monoisotopic (exact) mass is 1460 g/mol. The van der Waals surface area contributed by atoms with E-state index in [4.69, 9.17) is 0 Å². The summed E-state index contributed by atoms with van der Waals surface area (Å²) in [5.74, 6) is 0. The van der Waals surface area contributed by atoms with E-state index >= 15 is 0 Å². The molecule has 0 aliphatic heterocycles. The molecule has 108 heavy (non-hydrogen) atoms. The van der Waals surface area contributed by atoms with Crippen molar-refractivity contribution in [1.29, 1.82) is 0 Å². The number of rotatable bonds is 12. The van der Waals surface area contributed by atoms with Crippen molar-refractivity contribution >= 4 is 95.8 Å². The Morgan fingerprint density at radius 2 is 0.204 bits per heavy atom. The van der Waals surface area contributed by atoms with E-state index in [9.17, 15) is 40.2 Å². The van der Waals surface area contributed by atoms with Gasteiger partial charge in [-0.1, -0.05) is 295 Å². The molecule has 0 heterocycles. The van der Waals surface area contributed by atoms with Gasteiger partial charge in [-0.3, -0.25) is 0 Å². The third kappa shape index (κ3) is 48.5. The van der Waals surface area contributed by atoms with E-state index in [0.29, 0.717) is 21.9 Å². The zero-order valence-corrected chi connectivity index (χ0v) is 66.2. The molecule has 16 nitrogen and oxygen atoms in total. The summed E-state index contributed by atoms with van der Waals surface area (Å²) in [4.78, 5) is 11.0. The van der Waals surface area contributed by atoms with E-state index in [-0.39, 0.29) is 0 Å². The van der Waals surface area contributed by atoms with Crippen LogP contribution < -0.4 is 101 Å². The van der Waals surface area contributed by atoms with Gasteiger partial charge in [0.15, 0.2) is 0 Å². The lowest BCUT2D eigenvalue weighted by molar-refractivity contribution is -0.786. The molecule has 0 atom stereocenters. The van der Waals surface area contributed by atoms with Gasteiger partial charge >= 0.3 is 0 Å². The summed E-state index contributed by atoms with van der Waals surface area (Å²) in [5, 5.41) is 81.4. The van der Waals surface area contributed by atoms with E-state index < -0.39 is 28.5 Å². The Hall–Kier alpha value is -9.74. The van der Waals surface area contributed by atoms with E-state index in [2.05, 4.69) is 307 Å². The summed E-state index contributed by atoms with van der Waals surface area (Å²) in [6.45, 7) is 0. The van der Waals surface area contributed by atoms with Gasteiger partial charge in [0.05, 0.1) is 113 Å². The summed E-state index contributed by atoms with van der Waals surface area (Å²) in [5.41, 5.74) is 11.9. The lowest BCUT2D eigenvalue weighted by Gasteiger charge is -2.26. The molecule has 12 aromatic carbocycles. The standard InChI is InChI=1S/8C8H11N.4C6H5BO2/c8*1-9(2)8-6-4-3-5-7-8;4*8-7(9)6-4-2-1-3-5-6/h8*3-7H,1-2H3;4*1-5H/q;;;;;;;;4*-2/p+8. The molecule has 0 aromatic heterocycles. The first-order valence-electron chi connectivity index (χ1n) is 36.0. The number of benzene rings is 12. The molecule has 0 bridgehead atoms. The Labute approximate surface area is 648 Å². The number of hydrogen-bond donors (Lipinski definition) is 8. The van der Waals surface area contributed by atoms with Crippen molar-refractivity contribution in [2.75, 3.05) is 113 Å². The third-order valence-electron chi connectivity index (χ3n) is 15.1. The van der Waals surface area contributed by atoms with Gasteiger partial charge in [-0.2, -0.15) is 0 Å². The Balaban J connectivity index is 0.000000589. The van der Waals surface area contributed by atoms with Crippen LogP contribution in [-0.4, -0.2) is 141 Å². The largest absolute Gasteiger partial charge is 0.889 e. The van der Waals surface area contributed by atoms with Gasteiger partial charge in [0.1, 0.15) is 45.5 Å². The van der Waals surface area contributed by atoms with Crippen LogP contribution in [0.1, 0.15) is 0 Å². The average molecular weight is 1460 g/mol. The SMILES string of the molecule is C[NH+](C)c1ccccc1.C[NH+](C)c1ccccc1.C[NH+](C)c1ccccc1.C[NH+](C)c1ccccc1.C[NH+](C)c1ccccc1.C[NH+](C)c1ccccc1.C[NH+](C)c1ccccc1.C[NH+](C)c1ccccc1.[O-]B([O-])c1ccccc1.[O-]B([O-])c1ccccc1.[O-]B([O-])c1ccccc1.[O-]B([O-])c1ccccc1. The lowest BCUT2D eigenvalue weighted by Crippen LogP contribution is -3.00. The van der Waals surface area contributed by atoms with Crippen LogP contribution in [0.25, 0.3) is 0 Å². The van der Waals surface area contributed by atoms with Crippen LogP contribution in [0.3, 0.4) is 0 Å².